The Morgan fingerprint density at radius 3 is 2.08 bits per heavy atom. The molecule has 0 aromatic heterocycles. The van der Waals surface area contributed by atoms with Gasteiger partial charge in [0.1, 0.15) is 0 Å². The Hall–Kier alpha value is -1.95. The summed E-state index contributed by atoms with van der Waals surface area (Å²) in [7, 11) is 4.57. The van der Waals surface area contributed by atoms with E-state index in [1.807, 2.05) is 0 Å². The van der Waals surface area contributed by atoms with Gasteiger partial charge >= 0.3 is 5.97 Å². The van der Waals surface area contributed by atoms with Crippen LogP contribution in [0, 0.1) is 5.41 Å². The molecule has 1 aromatic rings. The van der Waals surface area contributed by atoms with Gasteiger partial charge < -0.3 is 23.8 Å². The molecule has 2 rings (SSSR count). The maximum absolute atomic E-state index is 12.5. The largest absolute Gasteiger partial charge is 0.493 e. The van der Waals surface area contributed by atoms with Gasteiger partial charge in [0.25, 0.3) is 0 Å². The SMILES string of the molecule is COc1cc(C(=O)OCC(C)(C)CN2CCCC2)cc(OC)c1OC. The molecule has 0 bridgehead atoms. The van der Waals surface area contributed by atoms with Crippen LogP contribution in [0.15, 0.2) is 12.1 Å². The molecule has 6 nitrogen and oxygen atoms in total. The number of benzene rings is 1. The summed E-state index contributed by atoms with van der Waals surface area (Å²) >= 11 is 0. The van der Waals surface area contributed by atoms with Crippen molar-refractivity contribution in [3.05, 3.63) is 17.7 Å². The van der Waals surface area contributed by atoms with Crippen molar-refractivity contribution in [3.8, 4) is 17.2 Å². The number of rotatable bonds is 8. The molecule has 1 aliphatic rings. The fraction of sp³-hybridized carbons (Fsp3) is 0.632. The summed E-state index contributed by atoms with van der Waals surface area (Å²) in [4.78, 5) is 14.9. The number of carbonyl (C=O) groups excluding carboxylic acids is 1. The quantitative estimate of drug-likeness (QED) is 0.671. The second kappa shape index (κ2) is 8.43. The van der Waals surface area contributed by atoms with Crippen molar-refractivity contribution in [1.82, 2.24) is 4.90 Å². The zero-order valence-corrected chi connectivity index (χ0v) is 15.9. The monoisotopic (exact) mass is 351 g/mol. The van der Waals surface area contributed by atoms with E-state index in [0.29, 0.717) is 29.4 Å². The molecule has 1 heterocycles. The van der Waals surface area contributed by atoms with Crippen LogP contribution in [0.25, 0.3) is 0 Å². The molecule has 25 heavy (non-hydrogen) atoms. The Labute approximate surface area is 150 Å². The van der Waals surface area contributed by atoms with Gasteiger partial charge in [0.2, 0.25) is 5.75 Å². The maximum atomic E-state index is 12.5. The van der Waals surface area contributed by atoms with Gasteiger partial charge in [-0.1, -0.05) is 13.8 Å². The molecule has 140 valence electrons. The standard InChI is InChI=1S/C19H29NO5/c1-19(2,12-20-8-6-7-9-20)13-25-18(21)14-10-15(22-3)17(24-5)16(11-14)23-4/h10-11H,6-9,12-13H2,1-5H3. The van der Waals surface area contributed by atoms with Gasteiger partial charge in [0.05, 0.1) is 33.5 Å². The van der Waals surface area contributed by atoms with Crippen LogP contribution >= 0.6 is 0 Å². The smallest absolute Gasteiger partial charge is 0.338 e. The average Bonchev–Trinajstić information content (AvgIpc) is 3.10. The van der Waals surface area contributed by atoms with Gasteiger partial charge in [0, 0.05) is 12.0 Å². The topological polar surface area (TPSA) is 57.2 Å². The van der Waals surface area contributed by atoms with Crippen molar-refractivity contribution in [1.29, 1.82) is 0 Å². The van der Waals surface area contributed by atoms with Gasteiger partial charge in [-0.15, -0.1) is 0 Å². The summed E-state index contributed by atoms with van der Waals surface area (Å²) in [6, 6.07) is 3.22. The second-order valence-electron chi connectivity index (χ2n) is 7.14. The molecule has 1 aliphatic heterocycles. The van der Waals surface area contributed by atoms with E-state index in [9.17, 15) is 4.79 Å². The zero-order chi connectivity index (χ0) is 18.4. The first-order chi connectivity index (χ1) is 11.9. The molecule has 1 aromatic carbocycles. The molecule has 0 aliphatic carbocycles. The van der Waals surface area contributed by atoms with E-state index in [1.165, 1.54) is 34.2 Å². The molecule has 1 saturated heterocycles. The lowest BCUT2D eigenvalue weighted by Gasteiger charge is -2.29. The van der Waals surface area contributed by atoms with E-state index in [-0.39, 0.29) is 5.41 Å². The summed E-state index contributed by atoms with van der Waals surface area (Å²) in [5, 5.41) is 0. The third kappa shape index (κ3) is 5.01. The first kappa shape index (κ1) is 19.4. The van der Waals surface area contributed by atoms with E-state index in [2.05, 4.69) is 18.7 Å². The van der Waals surface area contributed by atoms with Crippen molar-refractivity contribution >= 4 is 5.97 Å². The number of likely N-dealkylation sites (tertiary alicyclic amines) is 1. The lowest BCUT2D eigenvalue weighted by atomic mass is 9.94. The number of carbonyl (C=O) groups is 1. The highest BCUT2D eigenvalue weighted by Gasteiger charge is 2.26. The summed E-state index contributed by atoms with van der Waals surface area (Å²) in [5.41, 5.74) is 0.284. The molecule has 6 heteroatoms. The predicted molar refractivity (Wildman–Crippen MR) is 95.8 cm³/mol. The van der Waals surface area contributed by atoms with Crippen LogP contribution in [-0.2, 0) is 4.74 Å². The van der Waals surface area contributed by atoms with Gasteiger partial charge in [-0.3, -0.25) is 0 Å². The van der Waals surface area contributed by atoms with Gasteiger partial charge in [-0.05, 0) is 38.1 Å². The van der Waals surface area contributed by atoms with Crippen molar-refractivity contribution in [2.24, 2.45) is 5.41 Å². The molecule has 0 unspecified atom stereocenters. The Balaban J connectivity index is 2.04. The number of esters is 1. The number of hydrogen-bond acceptors (Lipinski definition) is 6. The second-order valence-corrected chi connectivity index (χ2v) is 7.14. The van der Waals surface area contributed by atoms with Crippen molar-refractivity contribution in [2.45, 2.75) is 26.7 Å². The number of hydrogen-bond donors (Lipinski definition) is 0. The van der Waals surface area contributed by atoms with E-state index < -0.39 is 5.97 Å². The first-order valence-corrected chi connectivity index (χ1v) is 8.59. The van der Waals surface area contributed by atoms with Crippen LogP contribution in [-0.4, -0.2) is 58.4 Å². The van der Waals surface area contributed by atoms with Gasteiger partial charge in [-0.25, -0.2) is 4.79 Å². The van der Waals surface area contributed by atoms with Gasteiger partial charge in [-0.2, -0.15) is 0 Å². The first-order valence-electron chi connectivity index (χ1n) is 8.59. The molecular formula is C19H29NO5. The van der Waals surface area contributed by atoms with E-state index in [1.54, 1.807) is 12.1 Å². The van der Waals surface area contributed by atoms with Crippen molar-refractivity contribution in [2.75, 3.05) is 47.6 Å². The summed E-state index contributed by atoms with van der Waals surface area (Å²) in [5.74, 6) is 0.930. The molecule has 0 N–H and O–H groups in total. The molecule has 0 radical (unpaired) electrons. The molecule has 0 amide bonds. The number of methoxy groups -OCH3 is 3. The van der Waals surface area contributed by atoms with E-state index in [0.717, 1.165) is 19.6 Å². The van der Waals surface area contributed by atoms with E-state index in [4.69, 9.17) is 18.9 Å². The minimum Gasteiger partial charge on any atom is -0.493 e. The van der Waals surface area contributed by atoms with Crippen molar-refractivity contribution in [3.63, 3.8) is 0 Å². The van der Waals surface area contributed by atoms with Crippen LogP contribution < -0.4 is 14.2 Å². The Morgan fingerprint density at radius 1 is 1.04 bits per heavy atom. The van der Waals surface area contributed by atoms with Crippen LogP contribution in [0.4, 0.5) is 0 Å². The normalized spacial score (nSPS) is 15.1. The fourth-order valence-electron chi connectivity index (χ4n) is 3.13. The summed E-state index contributed by atoms with van der Waals surface area (Å²) in [6.07, 6.45) is 2.50. The minimum absolute atomic E-state index is 0.0966. The van der Waals surface area contributed by atoms with Crippen LogP contribution in [0.1, 0.15) is 37.0 Å². The maximum Gasteiger partial charge on any atom is 0.338 e. The highest BCUT2D eigenvalue weighted by Crippen LogP contribution is 2.38. The third-order valence-electron chi connectivity index (χ3n) is 4.34. The lowest BCUT2D eigenvalue weighted by molar-refractivity contribution is 0.0282. The van der Waals surface area contributed by atoms with E-state index >= 15 is 0 Å². The zero-order valence-electron chi connectivity index (χ0n) is 15.9. The summed E-state index contributed by atoms with van der Waals surface area (Å²) in [6.45, 7) is 7.78. The third-order valence-corrected chi connectivity index (χ3v) is 4.34. The Bertz CT molecular complexity index is 568. The lowest BCUT2D eigenvalue weighted by Crippen LogP contribution is -2.36. The Kier molecular flexibility index (Phi) is 6.53. The molecule has 0 atom stereocenters. The van der Waals surface area contributed by atoms with Crippen LogP contribution in [0.2, 0.25) is 0 Å². The molecule has 0 spiro atoms. The number of nitrogens with zero attached hydrogens (tertiary/aromatic N) is 1. The fourth-order valence-corrected chi connectivity index (χ4v) is 3.13. The highest BCUT2D eigenvalue weighted by molar-refractivity contribution is 5.91. The molecular weight excluding hydrogens is 322 g/mol. The van der Waals surface area contributed by atoms with Crippen molar-refractivity contribution < 1.29 is 23.7 Å². The predicted octanol–water partition coefficient (Wildman–Crippen LogP) is 2.99. The minimum atomic E-state index is -0.395. The van der Waals surface area contributed by atoms with Crippen LogP contribution in [0.3, 0.4) is 0 Å². The van der Waals surface area contributed by atoms with Crippen LogP contribution in [0.5, 0.6) is 17.2 Å². The Morgan fingerprint density at radius 2 is 1.60 bits per heavy atom. The number of ether oxygens (including phenoxy) is 4. The summed E-state index contributed by atoms with van der Waals surface area (Å²) < 4.78 is 21.4. The van der Waals surface area contributed by atoms with Gasteiger partial charge in [0.15, 0.2) is 11.5 Å². The highest BCUT2D eigenvalue weighted by atomic mass is 16.5. The molecule has 0 saturated carbocycles. The average molecular weight is 351 g/mol. The molecule has 1 fully saturated rings.